The van der Waals surface area contributed by atoms with Crippen molar-refractivity contribution < 1.29 is 33.0 Å². The minimum atomic E-state index is -0.904. The van der Waals surface area contributed by atoms with Crippen LogP contribution in [0.1, 0.15) is 41.6 Å². The molecule has 2 rings (SSSR count). The molecule has 1 aromatic heterocycles. The average molecular weight is 465 g/mol. The van der Waals surface area contributed by atoms with Gasteiger partial charge in [0.25, 0.3) is 5.91 Å². The van der Waals surface area contributed by atoms with Crippen molar-refractivity contribution in [1.82, 2.24) is 9.89 Å². The summed E-state index contributed by atoms with van der Waals surface area (Å²) in [7, 11) is 2.31. The summed E-state index contributed by atoms with van der Waals surface area (Å²) < 4.78 is 28.7. The molecule has 14 heteroatoms. The van der Waals surface area contributed by atoms with Gasteiger partial charge in [-0.05, 0) is 32.9 Å². The van der Waals surface area contributed by atoms with Crippen molar-refractivity contribution in [1.29, 1.82) is 0 Å². The van der Waals surface area contributed by atoms with Gasteiger partial charge in [-0.3, -0.25) is 10.1 Å². The number of hydrogen-bond acceptors (Lipinski definition) is 10. The Kier molecular flexibility index (Phi) is 7.43. The number of amides is 2. The van der Waals surface area contributed by atoms with Gasteiger partial charge >= 0.3 is 12.1 Å². The second-order valence-corrected chi connectivity index (χ2v) is 7.45. The summed E-state index contributed by atoms with van der Waals surface area (Å²) in [6, 6.07) is 3.08. The second-order valence-electron chi connectivity index (χ2n) is 7.45. The van der Waals surface area contributed by atoms with Crippen LogP contribution in [0, 0.1) is 5.82 Å². The molecule has 0 bridgehead atoms. The van der Waals surface area contributed by atoms with Crippen LogP contribution >= 0.6 is 0 Å². The number of nitrogens with two attached hydrogens (primary N) is 2. The largest absolute Gasteiger partial charge is 0.494 e. The number of halogens is 1. The van der Waals surface area contributed by atoms with E-state index >= 15 is 0 Å². The smallest absolute Gasteiger partial charge is 0.412 e. The fourth-order valence-electron chi connectivity index (χ4n) is 2.54. The molecule has 0 aliphatic rings. The zero-order valence-electron chi connectivity index (χ0n) is 18.6. The number of nitrogens with zero attached hydrogens (tertiary/aromatic N) is 3. The third-order valence-electron chi connectivity index (χ3n) is 3.89. The molecule has 2 aromatic rings. The van der Waals surface area contributed by atoms with Gasteiger partial charge in [0.05, 0.1) is 31.2 Å². The summed E-state index contributed by atoms with van der Waals surface area (Å²) >= 11 is 0. The Morgan fingerprint density at radius 2 is 1.79 bits per heavy atom. The normalized spacial score (nSPS) is 11.5. The van der Waals surface area contributed by atoms with Crippen molar-refractivity contribution in [3.63, 3.8) is 0 Å². The summed E-state index contributed by atoms with van der Waals surface area (Å²) in [6.07, 6.45) is -0.860. The lowest BCUT2D eigenvalue weighted by Crippen LogP contribution is -2.37. The Labute approximate surface area is 187 Å². The maximum absolute atomic E-state index is 14.1. The van der Waals surface area contributed by atoms with Crippen LogP contribution in [0.2, 0.25) is 0 Å². The van der Waals surface area contributed by atoms with Gasteiger partial charge in [0.1, 0.15) is 5.60 Å². The molecule has 0 unspecified atom stereocenters. The SMILES string of the molecule is COC(=O)c1cc(F)c(OC)cc1NC(=O)c1cc(NC(=O)OC(C)(C)C)/c(=N/N)n(N)n1. The van der Waals surface area contributed by atoms with E-state index in [-0.39, 0.29) is 33.9 Å². The number of carbonyl (C=O) groups is 3. The highest BCUT2D eigenvalue weighted by atomic mass is 19.1. The summed E-state index contributed by atoms with van der Waals surface area (Å²) in [5.41, 5.74) is -1.76. The van der Waals surface area contributed by atoms with E-state index in [1.54, 1.807) is 20.8 Å². The average Bonchev–Trinajstić information content (AvgIpc) is 2.72. The van der Waals surface area contributed by atoms with Gasteiger partial charge in [-0.1, -0.05) is 0 Å². The van der Waals surface area contributed by atoms with E-state index in [1.807, 2.05) is 0 Å². The van der Waals surface area contributed by atoms with Gasteiger partial charge < -0.3 is 31.2 Å². The van der Waals surface area contributed by atoms with Gasteiger partial charge in [0.2, 0.25) is 5.49 Å². The number of hydrogen-bond donors (Lipinski definition) is 4. The molecule has 2 amide bonds. The number of ether oxygens (including phenoxy) is 3. The van der Waals surface area contributed by atoms with Gasteiger partial charge in [-0.25, -0.2) is 14.0 Å². The molecule has 0 spiro atoms. The van der Waals surface area contributed by atoms with Crippen molar-refractivity contribution in [2.24, 2.45) is 10.9 Å². The first kappa shape index (κ1) is 24.9. The van der Waals surface area contributed by atoms with Gasteiger partial charge in [-0.2, -0.15) is 9.89 Å². The van der Waals surface area contributed by atoms with Crippen LogP contribution in [-0.2, 0) is 9.47 Å². The number of rotatable bonds is 5. The Morgan fingerprint density at radius 1 is 1.12 bits per heavy atom. The van der Waals surface area contributed by atoms with Gasteiger partial charge in [0, 0.05) is 6.07 Å². The molecule has 0 fully saturated rings. The van der Waals surface area contributed by atoms with Crippen LogP contribution in [0.25, 0.3) is 0 Å². The fraction of sp³-hybridized carbons (Fsp3) is 0.316. The summed E-state index contributed by atoms with van der Waals surface area (Å²) in [4.78, 5) is 37.7. The first-order chi connectivity index (χ1) is 15.4. The third kappa shape index (κ3) is 6.09. The molecule has 6 N–H and O–H groups in total. The van der Waals surface area contributed by atoms with Crippen LogP contribution in [0.5, 0.6) is 5.75 Å². The lowest BCUT2D eigenvalue weighted by Gasteiger charge is -2.20. The minimum absolute atomic E-state index is 0.0840. The molecule has 0 radical (unpaired) electrons. The maximum atomic E-state index is 14.1. The maximum Gasteiger partial charge on any atom is 0.412 e. The van der Waals surface area contributed by atoms with Crippen molar-refractivity contribution in [3.05, 3.63) is 40.8 Å². The Bertz CT molecular complexity index is 1160. The highest BCUT2D eigenvalue weighted by molar-refractivity contribution is 6.07. The molecule has 13 nitrogen and oxygen atoms in total. The van der Waals surface area contributed by atoms with Gasteiger partial charge in [0.15, 0.2) is 17.3 Å². The number of methoxy groups -OCH3 is 2. The van der Waals surface area contributed by atoms with Crippen LogP contribution < -0.4 is 32.5 Å². The van der Waals surface area contributed by atoms with E-state index in [4.69, 9.17) is 21.2 Å². The number of nitrogens with one attached hydrogen (secondary N) is 2. The molecule has 0 saturated heterocycles. The zero-order valence-corrected chi connectivity index (χ0v) is 18.6. The summed E-state index contributed by atoms with van der Waals surface area (Å²) in [5.74, 6) is 8.21. The molecule has 33 heavy (non-hydrogen) atoms. The molecule has 0 aliphatic carbocycles. The molecule has 0 aliphatic heterocycles. The van der Waals surface area contributed by atoms with E-state index in [0.29, 0.717) is 4.79 Å². The van der Waals surface area contributed by atoms with Crippen molar-refractivity contribution in [3.8, 4) is 5.75 Å². The fourth-order valence-corrected chi connectivity index (χ4v) is 2.54. The molecule has 1 heterocycles. The van der Waals surface area contributed by atoms with Crippen molar-refractivity contribution in [2.45, 2.75) is 26.4 Å². The second kappa shape index (κ2) is 9.84. The van der Waals surface area contributed by atoms with Gasteiger partial charge in [-0.15, -0.1) is 5.10 Å². The summed E-state index contributed by atoms with van der Waals surface area (Å²) in [5, 5.41) is 12.1. The monoisotopic (exact) mass is 465 g/mol. The lowest BCUT2D eigenvalue weighted by molar-refractivity contribution is 0.0598. The van der Waals surface area contributed by atoms with Crippen molar-refractivity contribution in [2.75, 3.05) is 30.7 Å². The lowest BCUT2D eigenvalue weighted by atomic mass is 10.1. The number of nitrogen functional groups attached to an aromatic ring is 1. The Hall–Kier alpha value is -4.36. The number of benzene rings is 1. The third-order valence-corrected chi connectivity index (χ3v) is 3.89. The molecular formula is C19H24FN7O6. The summed E-state index contributed by atoms with van der Waals surface area (Å²) in [6.45, 7) is 4.97. The number of anilines is 2. The van der Waals surface area contributed by atoms with Crippen LogP contribution in [-0.4, -0.2) is 47.7 Å². The molecular weight excluding hydrogens is 441 g/mol. The standard InChI is InChI=1S/C19H24FN7O6/c1-19(2,3)33-18(30)24-12-7-13(26-27(22)15(12)25-21)16(28)23-11-8-14(31-4)10(20)6-9(11)17(29)32-5/h6-8H,21-22H2,1-5H3,(H,23,28)(H,24,30)/b25-15-. The number of carbonyl (C=O) groups excluding carboxylic acids is 3. The zero-order chi connectivity index (χ0) is 24.9. The number of aromatic nitrogens is 2. The molecule has 1 aromatic carbocycles. The predicted molar refractivity (Wildman–Crippen MR) is 114 cm³/mol. The van der Waals surface area contributed by atoms with Crippen LogP contribution in [0.3, 0.4) is 0 Å². The number of esters is 1. The quantitative estimate of drug-likeness (QED) is 0.283. The van der Waals surface area contributed by atoms with E-state index in [0.717, 1.165) is 25.3 Å². The molecule has 178 valence electrons. The highest BCUT2D eigenvalue weighted by Crippen LogP contribution is 2.27. The van der Waals surface area contributed by atoms with E-state index < -0.39 is 29.4 Å². The van der Waals surface area contributed by atoms with E-state index in [1.165, 1.54) is 7.11 Å². The van der Waals surface area contributed by atoms with Crippen LogP contribution in [0.15, 0.2) is 23.3 Å². The topological polar surface area (TPSA) is 185 Å². The van der Waals surface area contributed by atoms with E-state index in [9.17, 15) is 18.8 Å². The Morgan fingerprint density at radius 3 is 2.33 bits per heavy atom. The Balaban J connectivity index is 2.46. The van der Waals surface area contributed by atoms with Crippen LogP contribution in [0.4, 0.5) is 20.6 Å². The minimum Gasteiger partial charge on any atom is -0.494 e. The highest BCUT2D eigenvalue weighted by Gasteiger charge is 2.22. The first-order valence-electron chi connectivity index (χ1n) is 9.30. The molecule has 0 atom stereocenters. The molecule has 0 saturated carbocycles. The first-order valence-corrected chi connectivity index (χ1v) is 9.30. The van der Waals surface area contributed by atoms with Crippen molar-refractivity contribution >= 4 is 29.3 Å². The predicted octanol–water partition coefficient (Wildman–Crippen LogP) is 0.905. The van der Waals surface area contributed by atoms with E-state index in [2.05, 4.69) is 25.6 Å².